The molecule has 1 fully saturated rings. The number of imidazole rings is 1. The Morgan fingerprint density at radius 3 is 2.33 bits per heavy atom. The Labute approximate surface area is 324 Å². The molecule has 0 aliphatic carbocycles. The van der Waals surface area contributed by atoms with Crippen molar-refractivity contribution in [3.05, 3.63) is 12.7 Å². The minimum absolute atomic E-state index is 0.0135. The Balaban J connectivity index is 1.52. The molecule has 324 valence electrons. The van der Waals surface area contributed by atoms with E-state index in [4.69, 9.17) is 15.6 Å². The zero-order valence-corrected chi connectivity index (χ0v) is 32.9. The summed E-state index contributed by atoms with van der Waals surface area (Å²) in [5.41, 5.74) is 3.26. The van der Waals surface area contributed by atoms with E-state index in [-0.39, 0.29) is 60.4 Å². The van der Waals surface area contributed by atoms with Crippen molar-refractivity contribution in [3.8, 4) is 0 Å². The van der Waals surface area contributed by atoms with E-state index in [1.807, 2.05) is 0 Å². The number of nitrogens with zero attached hydrogens (tertiary/aromatic N) is 4. The molecule has 1 aliphatic rings. The number of rotatable bonds is 23. The Kier molecular flexibility index (Phi) is 17.2. The number of carbonyl (C=O) groups is 3. The van der Waals surface area contributed by atoms with Gasteiger partial charge in [0.25, 0.3) is 0 Å². The molecule has 1 saturated heterocycles. The monoisotopic (exact) mass is 903 g/mol. The summed E-state index contributed by atoms with van der Waals surface area (Å²) < 4.78 is 63.8. The molecule has 0 saturated carbocycles. The number of ether oxygens (including phenoxy) is 1. The van der Waals surface area contributed by atoms with Gasteiger partial charge in [-0.2, -0.15) is 4.89 Å². The first-order valence-electron chi connectivity index (χ1n) is 15.8. The third-order valence-corrected chi connectivity index (χ3v) is 10.4. The van der Waals surface area contributed by atoms with E-state index in [1.165, 1.54) is 0 Å². The number of hydrogen-bond acceptors (Lipinski definition) is 23. The van der Waals surface area contributed by atoms with Gasteiger partial charge in [0.05, 0.1) is 25.0 Å². The molecule has 3 heterocycles. The number of nitrogens with two attached hydrogens (primary N) is 1. The zero-order valence-electron chi connectivity index (χ0n) is 29.4. The summed E-state index contributed by atoms with van der Waals surface area (Å²) in [6, 6.07) is 0. The maximum absolute atomic E-state index is 12.5. The summed E-state index contributed by atoms with van der Waals surface area (Å²) in [6.07, 6.45) is -7.92. The highest BCUT2D eigenvalue weighted by Crippen LogP contribution is 2.54. The molecule has 33 heteroatoms. The van der Waals surface area contributed by atoms with Gasteiger partial charge in [-0.05, 0) is 13.8 Å². The highest BCUT2D eigenvalue weighted by atomic mass is 32.2. The van der Waals surface area contributed by atoms with Crippen LogP contribution in [-0.4, -0.2) is 144 Å². The van der Waals surface area contributed by atoms with Crippen molar-refractivity contribution >= 4 is 69.1 Å². The lowest BCUT2D eigenvalue weighted by atomic mass is 9.83. The van der Waals surface area contributed by atoms with Gasteiger partial charge in [0.1, 0.15) is 36.3 Å². The molecule has 29 nitrogen and oxygen atoms in total. The summed E-state index contributed by atoms with van der Waals surface area (Å²) in [7, 11) is -16.9. The summed E-state index contributed by atoms with van der Waals surface area (Å²) in [5, 5.41) is 55.0. The number of aromatic nitrogens is 4. The predicted molar refractivity (Wildman–Crippen MR) is 183 cm³/mol. The predicted octanol–water partition coefficient (Wildman–Crippen LogP) is -3.45. The van der Waals surface area contributed by atoms with Gasteiger partial charge in [-0.3, -0.25) is 32.9 Å². The number of aliphatic hydroxyl groups excluding tert-OH is 3. The molecule has 0 radical (unpaired) electrons. The topological polar surface area (TPSA) is 443 Å². The van der Waals surface area contributed by atoms with E-state index in [2.05, 4.69) is 53.5 Å². The molecule has 0 spiro atoms. The number of amides is 2. The molecular formula is C24H40N7O22P3S. The van der Waals surface area contributed by atoms with Crippen molar-refractivity contribution in [2.24, 2.45) is 5.41 Å². The van der Waals surface area contributed by atoms with Crippen LogP contribution in [0.15, 0.2) is 12.7 Å². The third kappa shape index (κ3) is 14.0. The van der Waals surface area contributed by atoms with Crippen molar-refractivity contribution in [1.29, 1.82) is 0 Å². The Hall–Kier alpha value is -2.64. The number of nitrogen functional groups attached to an aromatic ring is 1. The lowest BCUT2D eigenvalue weighted by Gasteiger charge is -2.38. The van der Waals surface area contributed by atoms with Gasteiger partial charge < -0.3 is 61.3 Å². The molecule has 3 rings (SSSR count). The van der Waals surface area contributed by atoms with E-state index in [9.17, 15) is 68.1 Å². The molecule has 1 aliphatic heterocycles. The zero-order chi connectivity index (χ0) is 43.0. The number of carbonyl (C=O) groups excluding carboxylic acids is 3. The first-order chi connectivity index (χ1) is 26.3. The van der Waals surface area contributed by atoms with Crippen LogP contribution in [0, 0.1) is 5.41 Å². The lowest BCUT2D eigenvalue weighted by Crippen LogP contribution is -2.57. The standard InChI is InChI=1S/C24H40N7O22P3S/c1-23(2,18(36)21(37)27-5-3-13(33)26-6-8-57-14(34)4-7-32)24(38,39)50-51-56(45,46)53-52-55(43,44)47-9-12-17(49-54(40,41)42)16(35)22(48-12)31-11-30-15-19(25)28-10-29-20(15)31/h10-12,16-18,22,32,35-36,38-39H,3-9H2,1-2H3,(H,26,33)(H,27,37)(H,43,44)(H,45,46)(H2,25,28,29)(H2,40,41,42)/t12-,16-,17?,18-,22-/m1/s1. The van der Waals surface area contributed by atoms with E-state index in [0.717, 1.165) is 42.8 Å². The molecule has 2 aromatic rings. The molecule has 3 unspecified atom stereocenters. The summed E-state index contributed by atoms with van der Waals surface area (Å²) in [4.78, 5) is 90.0. The van der Waals surface area contributed by atoms with Crippen molar-refractivity contribution in [2.45, 2.75) is 63.3 Å². The van der Waals surface area contributed by atoms with Crippen LogP contribution in [0.1, 0.15) is 32.9 Å². The van der Waals surface area contributed by atoms with Crippen molar-refractivity contribution in [2.75, 3.05) is 37.8 Å². The highest BCUT2D eigenvalue weighted by Gasteiger charge is 2.54. The molecular weight excluding hydrogens is 863 g/mol. The van der Waals surface area contributed by atoms with Gasteiger partial charge in [0.15, 0.2) is 22.8 Å². The summed E-state index contributed by atoms with van der Waals surface area (Å²) >= 11 is 0.891. The Morgan fingerprint density at radius 1 is 1.02 bits per heavy atom. The van der Waals surface area contributed by atoms with Crippen LogP contribution in [0.25, 0.3) is 11.2 Å². The number of phosphoric ester groups is 2. The SMILES string of the molecule is CC(C)([C@H](O)C(=O)NCCC(=O)NCCSC(=O)CCO)C(O)(O)OOP(=O)(O)OOP(=O)(O)OC[C@H]1O[C@@H](n2cnc3c(N)ncnc32)[C@H](O)C1OP(=O)(O)O. The molecule has 57 heavy (non-hydrogen) atoms. The van der Waals surface area contributed by atoms with E-state index in [1.54, 1.807) is 0 Å². The van der Waals surface area contributed by atoms with Gasteiger partial charge in [-0.25, -0.2) is 28.6 Å². The number of fused-ring (bicyclic) bond motifs is 1. The molecule has 2 aromatic heterocycles. The van der Waals surface area contributed by atoms with Crippen LogP contribution in [0.3, 0.4) is 0 Å². The van der Waals surface area contributed by atoms with E-state index in [0.29, 0.717) is 0 Å². The van der Waals surface area contributed by atoms with E-state index >= 15 is 0 Å². The smallest absolute Gasteiger partial charge is 0.396 e. The normalized spacial score (nSPS) is 21.8. The molecule has 13 N–H and O–H groups in total. The number of nitrogens with one attached hydrogen (secondary N) is 2. The fraction of sp³-hybridized carbons (Fsp3) is 0.667. The summed E-state index contributed by atoms with van der Waals surface area (Å²) in [5.74, 6) is -5.52. The minimum atomic E-state index is -5.89. The number of thioether (sulfide) groups is 1. The van der Waals surface area contributed by atoms with Gasteiger partial charge in [0.2, 0.25) is 11.8 Å². The lowest BCUT2D eigenvalue weighted by molar-refractivity contribution is -0.496. The number of anilines is 1. The Morgan fingerprint density at radius 2 is 1.68 bits per heavy atom. The fourth-order valence-corrected chi connectivity index (χ4v) is 6.95. The molecule has 2 amide bonds. The minimum Gasteiger partial charge on any atom is -0.396 e. The van der Waals surface area contributed by atoms with Crippen molar-refractivity contribution < 1.29 is 106 Å². The van der Waals surface area contributed by atoms with Crippen LogP contribution in [0.2, 0.25) is 0 Å². The van der Waals surface area contributed by atoms with E-state index < -0.39 is 83.9 Å². The average molecular weight is 904 g/mol. The number of phosphoric acid groups is 3. The number of hydrogen-bond donors (Lipinski definition) is 12. The van der Waals surface area contributed by atoms with Crippen LogP contribution in [0.5, 0.6) is 0 Å². The highest BCUT2D eigenvalue weighted by molar-refractivity contribution is 8.13. The maximum Gasteiger partial charge on any atom is 0.527 e. The Bertz CT molecular complexity index is 1870. The fourth-order valence-electron chi connectivity index (χ4n) is 4.43. The van der Waals surface area contributed by atoms with Gasteiger partial charge in [-0.15, -0.1) is 14.0 Å². The third-order valence-electron chi connectivity index (χ3n) is 7.53. The molecule has 0 bridgehead atoms. The largest absolute Gasteiger partial charge is 0.527 e. The van der Waals surface area contributed by atoms with Gasteiger partial charge in [-0.1, -0.05) is 11.8 Å². The van der Waals surface area contributed by atoms with Gasteiger partial charge >= 0.3 is 29.4 Å². The average Bonchev–Trinajstić information content (AvgIpc) is 3.67. The quantitative estimate of drug-likeness (QED) is 0.0170. The van der Waals surface area contributed by atoms with Crippen LogP contribution < -0.4 is 16.4 Å². The first-order valence-corrected chi connectivity index (χ1v) is 21.3. The molecule has 0 aromatic carbocycles. The van der Waals surface area contributed by atoms with Crippen molar-refractivity contribution in [3.63, 3.8) is 0 Å². The second-order valence-electron chi connectivity index (χ2n) is 12.1. The van der Waals surface area contributed by atoms with Crippen LogP contribution in [-0.2, 0) is 60.8 Å². The maximum atomic E-state index is 12.5. The van der Waals surface area contributed by atoms with Crippen LogP contribution >= 0.6 is 35.2 Å². The second-order valence-corrected chi connectivity index (χ2v) is 17.0. The van der Waals surface area contributed by atoms with Gasteiger partial charge in [0, 0.05) is 31.7 Å². The van der Waals surface area contributed by atoms with Crippen LogP contribution in [0.4, 0.5) is 5.82 Å². The molecule has 7 atom stereocenters. The summed E-state index contributed by atoms with van der Waals surface area (Å²) in [6.45, 7) is -0.168. The first kappa shape index (κ1) is 48.7. The second kappa shape index (κ2) is 20.1. The van der Waals surface area contributed by atoms with Crippen molar-refractivity contribution in [1.82, 2.24) is 30.2 Å². The number of aliphatic hydroxyl groups is 5.